The molecule has 3 nitrogen and oxygen atoms in total. The Morgan fingerprint density at radius 3 is 2.78 bits per heavy atom. The van der Waals surface area contributed by atoms with Crippen molar-refractivity contribution in [1.29, 1.82) is 0 Å². The van der Waals surface area contributed by atoms with Crippen LogP contribution in [0.4, 0.5) is 5.69 Å². The summed E-state index contributed by atoms with van der Waals surface area (Å²) in [6.07, 6.45) is 4.27. The second-order valence-corrected chi connectivity index (χ2v) is 5.88. The zero-order chi connectivity index (χ0) is 16.2. The van der Waals surface area contributed by atoms with Crippen molar-refractivity contribution >= 4 is 22.5 Å². The van der Waals surface area contributed by atoms with Crippen molar-refractivity contribution in [3.63, 3.8) is 0 Å². The van der Waals surface area contributed by atoms with Crippen molar-refractivity contribution in [2.45, 2.75) is 26.2 Å². The average molecular weight is 306 g/mol. The first-order chi connectivity index (χ1) is 11.2. The normalized spacial score (nSPS) is 10.9. The number of benzene rings is 2. The summed E-state index contributed by atoms with van der Waals surface area (Å²) < 4.78 is 2.11. The lowest BCUT2D eigenvalue weighted by atomic mass is 10.0. The van der Waals surface area contributed by atoms with Gasteiger partial charge < -0.3 is 9.88 Å². The lowest BCUT2D eigenvalue weighted by Gasteiger charge is -2.08. The second kappa shape index (κ2) is 6.69. The molecule has 3 aromatic rings. The van der Waals surface area contributed by atoms with Crippen LogP contribution < -0.4 is 5.32 Å². The van der Waals surface area contributed by atoms with Crippen LogP contribution in [0.1, 0.15) is 24.5 Å². The van der Waals surface area contributed by atoms with Gasteiger partial charge in [-0.2, -0.15) is 0 Å². The molecule has 0 aliphatic carbocycles. The standard InChI is InChI=1S/C20H22N2O/c1-3-15-6-4-8-17(14-15)21-20(23)11-10-16-7-5-9-19-18(16)12-13-22(19)2/h4-9,12-14H,3,10-11H2,1-2H3,(H,21,23). The highest BCUT2D eigenvalue weighted by Gasteiger charge is 2.07. The Kier molecular flexibility index (Phi) is 4.47. The van der Waals surface area contributed by atoms with Crippen LogP contribution in [0, 0.1) is 0 Å². The van der Waals surface area contributed by atoms with E-state index in [2.05, 4.69) is 53.3 Å². The average Bonchev–Trinajstić information content (AvgIpc) is 2.95. The van der Waals surface area contributed by atoms with Gasteiger partial charge in [-0.15, -0.1) is 0 Å². The molecule has 0 spiro atoms. The van der Waals surface area contributed by atoms with Crippen LogP contribution in [-0.4, -0.2) is 10.5 Å². The quantitative estimate of drug-likeness (QED) is 0.748. The van der Waals surface area contributed by atoms with Crippen molar-refractivity contribution in [1.82, 2.24) is 4.57 Å². The molecule has 3 rings (SSSR count). The molecule has 0 bridgehead atoms. The first-order valence-corrected chi connectivity index (χ1v) is 8.09. The number of carbonyl (C=O) groups is 1. The van der Waals surface area contributed by atoms with Crippen molar-refractivity contribution in [3.05, 3.63) is 65.9 Å². The number of rotatable bonds is 5. The summed E-state index contributed by atoms with van der Waals surface area (Å²) in [4.78, 5) is 12.2. The van der Waals surface area contributed by atoms with Gasteiger partial charge in [0, 0.05) is 36.3 Å². The molecule has 0 saturated heterocycles. The van der Waals surface area contributed by atoms with E-state index in [0.717, 1.165) is 18.5 Å². The predicted octanol–water partition coefficient (Wildman–Crippen LogP) is 4.31. The summed E-state index contributed by atoms with van der Waals surface area (Å²) in [7, 11) is 2.04. The molecule has 0 atom stereocenters. The van der Waals surface area contributed by atoms with Crippen LogP contribution >= 0.6 is 0 Å². The van der Waals surface area contributed by atoms with Gasteiger partial charge in [-0.3, -0.25) is 4.79 Å². The molecule has 1 N–H and O–H groups in total. The number of amides is 1. The summed E-state index contributed by atoms with van der Waals surface area (Å²) in [5, 5.41) is 4.23. The number of hydrogen-bond acceptors (Lipinski definition) is 1. The minimum absolute atomic E-state index is 0.0613. The van der Waals surface area contributed by atoms with Gasteiger partial charge in [0.1, 0.15) is 0 Å². The number of hydrogen-bond donors (Lipinski definition) is 1. The fourth-order valence-electron chi connectivity index (χ4n) is 2.92. The lowest BCUT2D eigenvalue weighted by Crippen LogP contribution is -2.12. The van der Waals surface area contributed by atoms with E-state index < -0.39 is 0 Å². The second-order valence-electron chi connectivity index (χ2n) is 5.88. The summed E-state index contributed by atoms with van der Waals surface area (Å²) in [5.41, 5.74) is 4.54. The molecule has 0 unspecified atom stereocenters. The topological polar surface area (TPSA) is 34.0 Å². The van der Waals surface area contributed by atoms with Crippen LogP contribution in [0.15, 0.2) is 54.7 Å². The zero-order valence-corrected chi connectivity index (χ0v) is 13.7. The largest absolute Gasteiger partial charge is 0.351 e. The van der Waals surface area contributed by atoms with Gasteiger partial charge in [0.2, 0.25) is 5.91 Å². The van der Waals surface area contributed by atoms with Crippen molar-refractivity contribution < 1.29 is 4.79 Å². The van der Waals surface area contributed by atoms with E-state index in [9.17, 15) is 4.79 Å². The van der Waals surface area contributed by atoms with Crippen LogP contribution in [0.2, 0.25) is 0 Å². The van der Waals surface area contributed by atoms with E-state index >= 15 is 0 Å². The van der Waals surface area contributed by atoms with E-state index in [0.29, 0.717) is 6.42 Å². The van der Waals surface area contributed by atoms with Gasteiger partial charge in [-0.1, -0.05) is 31.2 Å². The highest BCUT2D eigenvalue weighted by Crippen LogP contribution is 2.21. The number of fused-ring (bicyclic) bond motifs is 1. The third kappa shape index (κ3) is 3.45. The number of aromatic nitrogens is 1. The molecular weight excluding hydrogens is 284 g/mol. The Bertz CT molecular complexity index is 833. The first kappa shape index (κ1) is 15.3. The van der Waals surface area contributed by atoms with Gasteiger partial charge in [0.05, 0.1) is 0 Å². The van der Waals surface area contributed by atoms with Crippen molar-refractivity contribution in [3.8, 4) is 0 Å². The number of carbonyl (C=O) groups excluding carboxylic acids is 1. The molecule has 1 aromatic heterocycles. The molecule has 0 aliphatic rings. The molecular formula is C20H22N2O. The minimum Gasteiger partial charge on any atom is -0.351 e. The molecule has 0 radical (unpaired) electrons. The van der Waals surface area contributed by atoms with Crippen molar-refractivity contribution in [2.75, 3.05) is 5.32 Å². The van der Waals surface area contributed by atoms with Gasteiger partial charge in [0.25, 0.3) is 0 Å². The lowest BCUT2D eigenvalue weighted by molar-refractivity contribution is -0.116. The molecule has 1 heterocycles. The summed E-state index contributed by atoms with van der Waals surface area (Å²) in [5.74, 6) is 0.0613. The maximum Gasteiger partial charge on any atom is 0.224 e. The summed E-state index contributed by atoms with van der Waals surface area (Å²) in [6, 6.07) is 16.4. The molecule has 2 aromatic carbocycles. The highest BCUT2D eigenvalue weighted by atomic mass is 16.1. The van der Waals surface area contributed by atoms with E-state index in [1.165, 1.54) is 22.0 Å². The van der Waals surface area contributed by atoms with Gasteiger partial charge >= 0.3 is 0 Å². The maximum absolute atomic E-state index is 12.2. The Labute approximate surface area is 136 Å². The minimum atomic E-state index is 0.0613. The maximum atomic E-state index is 12.2. The van der Waals surface area contributed by atoms with Crippen molar-refractivity contribution in [2.24, 2.45) is 7.05 Å². The van der Waals surface area contributed by atoms with E-state index in [-0.39, 0.29) is 5.91 Å². The monoisotopic (exact) mass is 306 g/mol. The molecule has 118 valence electrons. The SMILES string of the molecule is CCc1cccc(NC(=O)CCc2cccc3c2ccn3C)c1. The van der Waals surface area contributed by atoms with Crippen LogP contribution in [0.25, 0.3) is 10.9 Å². The summed E-state index contributed by atoms with van der Waals surface area (Å²) >= 11 is 0. The first-order valence-electron chi connectivity index (χ1n) is 8.09. The Morgan fingerprint density at radius 2 is 1.96 bits per heavy atom. The number of nitrogens with one attached hydrogen (secondary N) is 1. The van der Waals surface area contributed by atoms with E-state index in [4.69, 9.17) is 0 Å². The Morgan fingerprint density at radius 1 is 1.13 bits per heavy atom. The van der Waals surface area contributed by atoms with Gasteiger partial charge in [0.15, 0.2) is 0 Å². The molecule has 0 aliphatic heterocycles. The Hall–Kier alpha value is -2.55. The molecule has 3 heteroatoms. The number of anilines is 1. The smallest absolute Gasteiger partial charge is 0.224 e. The third-order valence-electron chi connectivity index (χ3n) is 4.26. The summed E-state index contributed by atoms with van der Waals surface area (Å²) in [6.45, 7) is 2.11. The molecule has 0 saturated carbocycles. The highest BCUT2D eigenvalue weighted by molar-refractivity contribution is 5.91. The molecule has 0 fully saturated rings. The number of nitrogens with zero attached hydrogens (tertiary/aromatic N) is 1. The molecule has 23 heavy (non-hydrogen) atoms. The van der Waals surface area contributed by atoms with Crippen LogP contribution in [0.3, 0.4) is 0 Å². The van der Waals surface area contributed by atoms with Gasteiger partial charge in [-0.05, 0) is 48.2 Å². The van der Waals surface area contributed by atoms with E-state index in [1.54, 1.807) is 0 Å². The fourth-order valence-corrected chi connectivity index (χ4v) is 2.92. The third-order valence-corrected chi connectivity index (χ3v) is 4.26. The predicted molar refractivity (Wildman–Crippen MR) is 95.7 cm³/mol. The van der Waals surface area contributed by atoms with Crippen LogP contribution in [-0.2, 0) is 24.7 Å². The molecule has 1 amide bonds. The number of aryl methyl sites for hydroxylation is 3. The van der Waals surface area contributed by atoms with Crippen LogP contribution in [0.5, 0.6) is 0 Å². The van der Waals surface area contributed by atoms with Gasteiger partial charge in [-0.25, -0.2) is 0 Å². The zero-order valence-electron chi connectivity index (χ0n) is 13.7. The fraction of sp³-hybridized carbons (Fsp3) is 0.250. The van der Waals surface area contributed by atoms with E-state index in [1.807, 2.05) is 25.2 Å². The Balaban J connectivity index is 1.66.